The molecule has 5 nitrogen and oxygen atoms in total. The number of nitrogens with two attached hydrogens (primary N) is 1. The summed E-state index contributed by atoms with van der Waals surface area (Å²) in [6.45, 7) is 0.735. The summed E-state index contributed by atoms with van der Waals surface area (Å²) in [6, 6.07) is 5.64. The summed E-state index contributed by atoms with van der Waals surface area (Å²) in [5.41, 5.74) is 5.97. The lowest BCUT2D eigenvalue weighted by Crippen LogP contribution is -2.33. The van der Waals surface area contributed by atoms with Gasteiger partial charge in [-0.25, -0.2) is 0 Å². The first-order valence-electron chi connectivity index (χ1n) is 7.23. The number of primary amides is 1. The highest BCUT2D eigenvalue weighted by atomic mass is 35.5. The van der Waals surface area contributed by atoms with Gasteiger partial charge in [0.1, 0.15) is 12.0 Å². The van der Waals surface area contributed by atoms with Gasteiger partial charge in [0, 0.05) is 24.3 Å². The Kier molecular flexibility index (Phi) is 5.42. The standard InChI is InChI=1S/C16H20ClNO4/c1-21-8-2-3-11-4-5-13(17)12(9-11)10-22-15(20)16(6-7-16)14(18)19/h4-5,9H,2-3,6-8,10H2,1H3,(H2,18,19). The van der Waals surface area contributed by atoms with Crippen LogP contribution in [0.4, 0.5) is 0 Å². The quantitative estimate of drug-likeness (QED) is 0.451. The van der Waals surface area contributed by atoms with Gasteiger partial charge < -0.3 is 15.2 Å². The maximum atomic E-state index is 12.0. The highest BCUT2D eigenvalue weighted by molar-refractivity contribution is 6.31. The van der Waals surface area contributed by atoms with Gasteiger partial charge in [0.2, 0.25) is 5.91 Å². The van der Waals surface area contributed by atoms with E-state index in [2.05, 4.69) is 0 Å². The molecule has 0 radical (unpaired) electrons. The number of methoxy groups -OCH3 is 1. The molecule has 1 fully saturated rings. The molecule has 1 aromatic carbocycles. The first-order valence-corrected chi connectivity index (χ1v) is 7.61. The number of amides is 1. The Balaban J connectivity index is 1.96. The highest BCUT2D eigenvalue weighted by Gasteiger charge is 2.57. The van der Waals surface area contributed by atoms with Crippen LogP contribution in [0.15, 0.2) is 18.2 Å². The third-order valence-corrected chi connectivity index (χ3v) is 4.26. The number of hydrogen-bond donors (Lipinski definition) is 1. The molecular weight excluding hydrogens is 306 g/mol. The van der Waals surface area contributed by atoms with Crippen molar-refractivity contribution in [3.05, 3.63) is 34.3 Å². The number of benzene rings is 1. The highest BCUT2D eigenvalue weighted by Crippen LogP contribution is 2.46. The number of ether oxygens (including phenoxy) is 2. The van der Waals surface area contributed by atoms with Crippen molar-refractivity contribution in [3.63, 3.8) is 0 Å². The molecule has 1 aliphatic carbocycles. The molecule has 1 aliphatic rings. The van der Waals surface area contributed by atoms with Crippen LogP contribution < -0.4 is 5.73 Å². The SMILES string of the molecule is COCCCc1ccc(Cl)c(COC(=O)C2(C(N)=O)CC2)c1. The van der Waals surface area contributed by atoms with Crippen molar-refractivity contribution in [1.29, 1.82) is 0 Å². The minimum atomic E-state index is -1.11. The van der Waals surface area contributed by atoms with Crippen molar-refractivity contribution >= 4 is 23.5 Å². The van der Waals surface area contributed by atoms with Gasteiger partial charge >= 0.3 is 5.97 Å². The lowest BCUT2D eigenvalue weighted by molar-refractivity contribution is -0.155. The fourth-order valence-corrected chi connectivity index (χ4v) is 2.44. The monoisotopic (exact) mass is 325 g/mol. The minimum absolute atomic E-state index is 0.0464. The second-order valence-corrected chi connectivity index (χ2v) is 5.95. The van der Waals surface area contributed by atoms with Crippen LogP contribution in [-0.2, 0) is 32.1 Å². The molecule has 22 heavy (non-hydrogen) atoms. The van der Waals surface area contributed by atoms with Gasteiger partial charge in [0.15, 0.2) is 0 Å². The van der Waals surface area contributed by atoms with Gasteiger partial charge in [0.05, 0.1) is 0 Å². The van der Waals surface area contributed by atoms with E-state index in [1.165, 1.54) is 0 Å². The molecule has 0 unspecified atom stereocenters. The van der Waals surface area contributed by atoms with E-state index < -0.39 is 17.3 Å². The first-order chi connectivity index (χ1) is 10.5. The summed E-state index contributed by atoms with van der Waals surface area (Å²) >= 11 is 6.13. The zero-order valence-corrected chi connectivity index (χ0v) is 13.3. The third-order valence-electron chi connectivity index (χ3n) is 3.90. The fourth-order valence-electron chi connectivity index (χ4n) is 2.27. The van der Waals surface area contributed by atoms with E-state index in [0.717, 1.165) is 24.0 Å². The summed E-state index contributed by atoms with van der Waals surface area (Å²) in [5, 5.41) is 0.534. The van der Waals surface area contributed by atoms with Crippen molar-refractivity contribution in [2.24, 2.45) is 11.1 Å². The van der Waals surface area contributed by atoms with Gasteiger partial charge in [-0.3, -0.25) is 9.59 Å². The third kappa shape index (κ3) is 3.78. The van der Waals surface area contributed by atoms with Crippen LogP contribution in [0.1, 0.15) is 30.4 Å². The Morgan fingerprint density at radius 2 is 2.09 bits per heavy atom. The summed E-state index contributed by atoms with van der Waals surface area (Å²) in [4.78, 5) is 23.3. The molecule has 0 bridgehead atoms. The largest absolute Gasteiger partial charge is 0.460 e. The molecule has 1 aromatic rings. The predicted molar refractivity (Wildman–Crippen MR) is 82.3 cm³/mol. The van der Waals surface area contributed by atoms with Crippen molar-refractivity contribution in [3.8, 4) is 0 Å². The Hall–Kier alpha value is -1.59. The maximum Gasteiger partial charge on any atom is 0.321 e. The van der Waals surface area contributed by atoms with Crippen LogP contribution in [0.25, 0.3) is 0 Å². The van der Waals surface area contributed by atoms with Crippen molar-refractivity contribution < 1.29 is 19.1 Å². The van der Waals surface area contributed by atoms with Crippen molar-refractivity contribution in [1.82, 2.24) is 0 Å². The minimum Gasteiger partial charge on any atom is -0.460 e. The van der Waals surface area contributed by atoms with E-state index in [-0.39, 0.29) is 6.61 Å². The number of aryl methyl sites for hydroxylation is 1. The van der Waals surface area contributed by atoms with Gasteiger partial charge in [0.25, 0.3) is 0 Å². The molecule has 0 saturated heterocycles. The smallest absolute Gasteiger partial charge is 0.321 e. The molecule has 0 heterocycles. The molecule has 1 amide bonds. The molecule has 6 heteroatoms. The number of carbonyl (C=O) groups excluding carboxylic acids is 2. The van der Waals surface area contributed by atoms with E-state index >= 15 is 0 Å². The number of carbonyl (C=O) groups is 2. The molecule has 120 valence electrons. The van der Waals surface area contributed by atoms with Gasteiger partial charge in [-0.05, 0) is 37.3 Å². The van der Waals surface area contributed by atoms with E-state index in [0.29, 0.717) is 24.5 Å². The molecule has 0 aliphatic heterocycles. The first kappa shape index (κ1) is 16.8. The summed E-state index contributed by atoms with van der Waals surface area (Å²) in [6.07, 6.45) is 2.69. The lowest BCUT2D eigenvalue weighted by atomic mass is 10.1. The normalized spacial score (nSPS) is 15.4. The van der Waals surface area contributed by atoms with Gasteiger partial charge in [-0.1, -0.05) is 23.7 Å². The second-order valence-electron chi connectivity index (χ2n) is 5.54. The lowest BCUT2D eigenvalue weighted by Gasteiger charge is -2.12. The van der Waals surface area contributed by atoms with E-state index in [1.807, 2.05) is 12.1 Å². The molecule has 2 N–H and O–H groups in total. The topological polar surface area (TPSA) is 78.6 Å². The molecule has 1 saturated carbocycles. The summed E-state index contributed by atoms with van der Waals surface area (Å²) in [7, 11) is 1.67. The van der Waals surface area contributed by atoms with Crippen LogP contribution in [0.5, 0.6) is 0 Å². The summed E-state index contributed by atoms with van der Waals surface area (Å²) < 4.78 is 10.3. The Bertz CT molecular complexity index is 569. The van der Waals surface area contributed by atoms with E-state index in [1.54, 1.807) is 13.2 Å². The summed E-state index contributed by atoms with van der Waals surface area (Å²) in [5.74, 6) is -1.17. The van der Waals surface area contributed by atoms with E-state index in [9.17, 15) is 9.59 Å². The Labute approximate surface area is 134 Å². The average Bonchev–Trinajstić information content (AvgIpc) is 3.29. The maximum absolute atomic E-state index is 12.0. The van der Waals surface area contributed by atoms with Gasteiger partial charge in [-0.15, -0.1) is 0 Å². The Morgan fingerprint density at radius 3 is 2.68 bits per heavy atom. The van der Waals surface area contributed by atoms with Crippen LogP contribution in [0.2, 0.25) is 5.02 Å². The molecule has 0 aromatic heterocycles. The molecule has 0 spiro atoms. The van der Waals surface area contributed by atoms with Crippen molar-refractivity contribution in [2.45, 2.75) is 32.3 Å². The molecular formula is C16H20ClNO4. The number of hydrogen-bond acceptors (Lipinski definition) is 4. The zero-order chi connectivity index (χ0) is 16.2. The van der Waals surface area contributed by atoms with Crippen LogP contribution in [0.3, 0.4) is 0 Å². The van der Waals surface area contributed by atoms with Gasteiger partial charge in [-0.2, -0.15) is 0 Å². The number of esters is 1. The van der Waals surface area contributed by atoms with Crippen LogP contribution in [0, 0.1) is 5.41 Å². The predicted octanol–water partition coefficient (Wildman–Crippen LogP) is 2.23. The van der Waals surface area contributed by atoms with Crippen LogP contribution in [-0.4, -0.2) is 25.6 Å². The number of rotatable bonds is 8. The second kappa shape index (κ2) is 7.11. The average molecular weight is 326 g/mol. The van der Waals surface area contributed by atoms with Crippen LogP contribution >= 0.6 is 11.6 Å². The Morgan fingerprint density at radius 1 is 1.36 bits per heavy atom. The van der Waals surface area contributed by atoms with E-state index in [4.69, 9.17) is 26.8 Å². The zero-order valence-electron chi connectivity index (χ0n) is 12.6. The fraction of sp³-hybridized carbons (Fsp3) is 0.500. The number of halogens is 1. The molecule has 0 atom stereocenters. The van der Waals surface area contributed by atoms with Crippen molar-refractivity contribution in [2.75, 3.05) is 13.7 Å². The molecule has 2 rings (SSSR count).